The largest absolute Gasteiger partial charge is 0.393 e. The van der Waals surface area contributed by atoms with Gasteiger partial charge in [-0.25, -0.2) is 0 Å². The van der Waals surface area contributed by atoms with Gasteiger partial charge in [-0.15, -0.1) is 10.2 Å². The molecule has 0 radical (unpaired) electrons. The molecule has 19 heavy (non-hydrogen) atoms. The lowest BCUT2D eigenvalue weighted by atomic mass is 10.1. The number of rotatable bonds is 3. The van der Waals surface area contributed by atoms with Gasteiger partial charge in [-0.2, -0.15) is 4.98 Å². The van der Waals surface area contributed by atoms with Crippen LogP contribution in [0.4, 0.5) is 5.13 Å². The molecule has 102 valence electrons. The molecule has 0 spiro atoms. The number of hydrogen-bond donors (Lipinski definition) is 2. The fraction of sp³-hybridized carbons (Fsp3) is 0.600. The van der Waals surface area contributed by atoms with E-state index in [0.29, 0.717) is 10.8 Å². The maximum Gasteiger partial charge on any atom is 0.252 e. The van der Waals surface area contributed by atoms with Gasteiger partial charge in [0.25, 0.3) is 5.89 Å². The zero-order valence-corrected chi connectivity index (χ0v) is 10.9. The van der Waals surface area contributed by atoms with Gasteiger partial charge >= 0.3 is 0 Å². The van der Waals surface area contributed by atoms with Crippen molar-refractivity contribution in [1.82, 2.24) is 20.3 Å². The Labute approximate surface area is 112 Å². The highest BCUT2D eigenvalue weighted by Gasteiger charge is 2.21. The number of nitrogens with zero attached hydrogens (tertiary/aromatic N) is 5. The molecular weight excluding hydrogens is 270 g/mol. The highest BCUT2D eigenvalue weighted by atomic mass is 32.1. The summed E-state index contributed by atoms with van der Waals surface area (Å²) in [5.41, 5.74) is 0. The molecular formula is C10H13N5O3S. The van der Waals surface area contributed by atoms with Crippen LogP contribution in [0.1, 0.15) is 18.7 Å². The topological polar surface area (TPSA) is 108 Å². The molecule has 1 aliphatic heterocycles. The monoisotopic (exact) mass is 283 g/mol. The molecule has 1 aliphatic rings. The highest BCUT2D eigenvalue weighted by molar-refractivity contribution is 7.18. The lowest BCUT2D eigenvalue weighted by molar-refractivity contribution is 0.145. The molecule has 0 saturated carbocycles. The van der Waals surface area contributed by atoms with Crippen LogP contribution in [0.25, 0.3) is 10.8 Å². The van der Waals surface area contributed by atoms with Crippen LogP contribution in [0.3, 0.4) is 0 Å². The van der Waals surface area contributed by atoms with Crippen LogP contribution >= 0.6 is 11.3 Å². The van der Waals surface area contributed by atoms with Gasteiger partial charge in [0.15, 0.2) is 5.01 Å². The van der Waals surface area contributed by atoms with Crippen molar-refractivity contribution in [3.63, 3.8) is 0 Å². The van der Waals surface area contributed by atoms with Crippen LogP contribution in [0.5, 0.6) is 0 Å². The Kier molecular flexibility index (Phi) is 3.40. The summed E-state index contributed by atoms with van der Waals surface area (Å²) in [5.74, 6) is 0.498. The first-order valence-corrected chi connectivity index (χ1v) is 6.78. The maximum atomic E-state index is 9.47. The SMILES string of the molecule is OCc1nc(-c2nnc(N3CCC(O)CC3)s2)no1. The maximum absolute atomic E-state index is 9.47. The van der Waals surface area contributed by atoms with Crippen molar-refractivity contribution in [2.24, 2.45) is 0 Å². The summed E-state index contributed by atoms with van der Waals surface area (Å²) < 4.78 is 4.82. The van der Waals surface area contributed by atoms with E-state index in [1.54, 1.807) is 0 Å². The number of aliphatic hydroxyl groups is 2. The summed E-state index contributed by atoms with van der Waals surface area (Å²) in [4.78, 5) is 6.08. The second-order valence-corrected chi connectivity index (χ2v) is 5.23. The van der Waals surface area contributed by atoms with Crippen LogP contribution in [-0.2, 0) is 6.61 Å². The van der Waals surface area contributed by atoms with Crippen molar-refractivity contribution >= 4 is 16.5 Å². The van der Waals surface area contributed by atoms with Crippen LogP contribution < -0.4 is 4.90 Å². The Hall–Kier alpha value is -1.58. The normalized spacial score (nSPS) is 17.1. The molecule has 3 rings (SSSR count). The third-order valence-corrected chi connectivity index (χ3v) is 3.92. The number of aliphatic hydroxyl groups excluding tert-OH is 2. The van der Waals surface area contributed by atoms with Gasteiger partial charge < -0.3 is 19.6 Å². The summed E-state index contributed by atoms with van der Waals surface area (Å²) in [7, 11) is 0. The molecule has 0 aromatic carbocycles. The van der Waals surface area contributed by atoms with E-state index in [4.69, 9.17) is 9.63 Å². The van der Waals surface area contributed by atoms with Gasteiger partial charge in [0.1, 0.15) is 6.61 Å². The number of anilines is 1. The van der Waals surface area contributed by atoms with Crippen molar-refractivity contribution in [2.75, 3.05) is 18.0 Å². The highest BCUT2D eigenvalue weighted by Crippen LogP contribution is 2.28. The molecule has 1 saturated heterocycles. The van der Waals surface area contributed by atoms with E-state index in [-0.39, 0.29) is 18.6 Å². The molecule has 0 atom stereocenters. The van der Waals surface area contributed by atoms with Crippen molar-refractivity contribution in [2.45, 2.75) is 25.6 Å². The van der Waals surface area contributed by atoms with E-state index < -0.39 is 0 Å². The molecule has 2 N–H and O–H groups in total. The van der Waals surface area contributed by atoms with Crippen molar-refractivity contribution in [3.05, 3.63) is 5.89 Å². The minimum atomic E-state index is -0.289. The molecule has 0 aliphatic carbocycles. The Balaban J connectivity index is 1.75. The molecule has 0 amide bonds. The second kappa shape index (κ2) is 5.19. The summed E-state index contributed by atoms with van der Waals surface area (Å²) in [6.07, 6.45) is 1.27. The zero-order chi connectivity index (χ0) is 13.2. The molecule has 2 aromatic rings. The van der Waals surface area contributed by atoms with E-state index in [0.717, 1.165) is 31.1 Å². The van der Waals surface area contributed by atoms with E-state index in [1.165, 1.54) is 11.3 Å². The summed E-state index contributed by atoms with van der Waals surface area (Å²) in [6, 6.07) is 0. The minimum Gasteiger partial charge on any atom is -0.393 e. The lowest BCUT2D eigenvalue weighted by Crippen LogP contribution is -2.35. The summed E-state index contributed by atoms with van der Waals surface area (Å²) in [5, 5.41) is 31.6. The smallest absolute Gasteiger partial charge is 0.252 e. The molecule has 2 aromatic heterocycles. The number of piperidine rings is 1. The molecule has 8 nitrogen and oxygen atoms in total. The Morgan fingerprint density at radius 3 is 2.79 bits per heavy atom. The average molecular weight is 283 g/mol. The van der Waals surface area contributed by atoms with Gasteiger partial charge in [0.2, 0.25) is 11.0 Å². The van der Waals surface area contributed by atoms with Gasteiger partial charge in [0, 0.05) is 13.1 Å². The minimum absolute atomic E-state index is 0.160. The standard InChI is InChI=1S/C10H13N5O3S/c16-5-7-11-8(14-18-7)9-12-13-10(19-9)15-3-1-6(17)2-4-15/h6,16-17H,1-5H2. The van der Waals surface area contributed by atoms with E-state index in [2.05, 4.69) is 25.2 Å². The van der Waals surface area contributed by atoms with Crippen molar-refractivity contribution in [1.29, 1.82) is 0 Å². The first-order chi connectivity index (χ1) is 9.26. The van der Waals surface area contributed by atoms with Gasteiger partial charge in [0.05, 0.1) is 6.10 Å². The van der Waals surface area contributed by atoms with Crippen LogP contribution in [-0.4, -0.2) is 49.7 Å². The van der Waals surface area contributed by atoms with E-state index in [1.807, 2.05) is 0 Å². The van der Waals surface area contributed by atoms with E-state index >= 15 is 0 Å². The summed E-state index contributed by atoms with van der Waals surface area (Å²) in [6.45, 7) is 1.25. The third kappa shape index (κ3) is 2.57. The van der Waals surface area contributed by atoms with Gasteiger partial charge in [-0.1, -0.05) is 16.5 Å². The third-order valence-electron chi connectivity index (χ3n) is 2.94. The molecule has 3 heterocycles. The first kappa shape index (κ1) is 12.5. The predicted octanol–water partition coefficient (Wildman–Crippen LogP) is 0.0415. The first-order valence-electron chi connectivity index (χ1n) is 5.96. The van der Waals surface area contributed by atoms with Crippen molar-refractivity contribution < 1.29 is 14.7 Å². The predicted molar refractivity (Wildman–Crippen MR) is 66.6 cm³/mol. The van der Waals surface area contributed by atoms with E-state index in [9.17, 15) is 5.11 Å². The van der Waals surface area contributed by atoms with Crippen LogP contribution in [0.15, 0.2) is 4.52 Å². The Morgan fingerprint density at radius 1 is 1.32 bits per heavy atom. The van der Waals surface area contributed by atoms with Crippen LogP contribution in [0, 0.1) is 0 Å². The van der Waals surface area contributed by atoms with Gasteiger partial charge in [-0.3, -0.25) is 0 Å². The molecule has 0 bridgehead atoms. The molecule has 0 unspecified atom stereocenters. The zero-order valence-electron chi connectivity index (χ0n) is 10.1. The lowest BCUT2D eigenvalue weighted by Gasteiger charge is -2.28. The van der Waals surface area contributed by atoms with Gasteiger partial charge in [-0.05, 0) is 12.8 Å². The Bertz CT molecular complexity index is 549. The Morgan fingerprint density at radius 2 is 2.11 bits per heavy atom. The average Bonchev–Trinajstić information content (AvgIpc) is 3.08. The quantitative estimate of drug-likeness (QED) is 0.813. The fourth-order valence-electron chi connectivity index (χ4n) is 1.90. The fourth-order valence-corrected chi connectivity index (χ4v) is 2.72. The number of hydrogen-bond acceptors (Lipinski definition) is 9. The molecule has 9 heteroatoms. The van der Waals surface area contributed by atoms with Crippen molar-refractivity contribution in [3.8, 4) is 10.8 Å². The summed E-state index contributed by atoms with van der Waals surface area (Å²) >= 11 is 1.37. The molecule has 1 fully saturated rings. The van der Waals surface area contributed by atoms with Crippen LogP contribution in [0.2, 0.25) is 0 Å². The number of aromatic nitrogens is 4. The second-order valence-electron chi connectivity index (χ2n) is 4.28.